The van der Waals surface area contributed by atoms with Crippen LogP contribution in [0.3, 0.4) is 0 Å². The van der Waals surface area contributed by atoms with Crippen molar-refractivity contribution in [2.24, 2.45) is 0 Å². The van der Waals surface area contributed by atoms with Gasteiger partial charge in [-0.2, -0.15) is 0 Å². The molecule has 0 saturated heterocycles. The number of rotatable bonds is 5. The Balaban J connectivity index is 1.93. The molecule has 2 aromatic rings. The Bertz CT molecular complexity index is 849. The average Bonchev–Trinajstić information content (AvgIpc) is 2.56. The van der Waals surface area contributed by atoms with Crippen molar-refractivity contribution >= 4 is 38.8 Å². The van der Waals surface area contributed by atoms with Gasteiger partial charge in [0.15, 0.2) is 9.84 Å². The van der Waals surface area contributed by atoms with Crippen molar-refractivity contribution in [1.29, 1.82) is 0 Å². The molecular formula is C17H19N3O4S. The number of nitrogens with one attached hydrogen (secondary N) is 3. The molecule has 0 aliphatic rings. The quantitative estimate of drug-likeness (QED) is 0.761. The van der Waals surface area contributed by atoms with E-state index in [2.05, 4.69) is 16.0 Å². The number of para-hydroxylation sites is 1. The summed E-state index contributed by atoms with van der Waals surface area (Å²) in [5.41, 5.74) is 1.63. The highest BCUT2D eigenvalue weighted by Gasteiger charge is 2.23. The maximum atomic E-state index is 11.9. The van der Waals surface area contributed by atoms with Gasteiger partial charge < -0.3 is 16.0 Å². The van der Waals surface area contributed by atoms with Crippen molar-refractivity contribution in [3.8, 4) is 0 Å². The van der Waals surface area contributed by atoms with E-state index in [1.54, 1.807) is 36.4 Å². The first-order valence-electron chi connectivity index (χ1n) is 7.48. The Morgan fingerprint density at radius 2 is 1.24 bits per heavy atom. The molecule has 132 valence electrons. The number of amides is 3. The second-order valence-electron chi connectivity index (χ2n) is 5.48. The van der Waals surface area contributed by atoms with Crippen LogP contribution in [0.4, 0.5) is 21.9 Å². The lowest BCUT2D eigenvalue weighted by Gasteiger charge is -2.11. The molecule has 0 heterocycles. The third-order valence-electron chi connectivity index (χ3n) is 3.45. The Morgan fingerprint density at radius 1 is 0.800 bits per heavy atom. The summed E-state index contributed by atoms with van der Waals surface area (Å²) in [5, 5.41) is 6.73. The van der Waals surface area contributed by atoms with Crippen molar-refractivity contribution in [3.05, 3.63) is 54.6 Å². The first-order valence-corrected chi connectivity index (χ1v) is 9.44. The van der Waals surface area contributed by atoms with Crippen molar-refractivity contribution in [2.75, 3.05) is 22.2 Å². The Morgan fingerprint density at radius 3 is 1.72 bits per heavy atom. The van der Waals surface area contributed by atoms with Gasteiger partial charge in [0.25, 0.3) is 0 Å². The highest BCUT2D eigenvalue weighted by molar-refractivity contribution is 7.92. The van der Waals surface area contributed by atoms with Crippen LogP contribution in [0.2, 0.25) is 0 Å². The van der Waals surface area contributed by atoms with Crippen molar-refractivity contribution < 1.29 is 18.0 Å². The van der Waals surface area contributed by atoms with Crippen LogP contribution < -0.4 is 16.0 Å². The number of urea groups is 1. The molecule has 0 aromatic heterocycles. The van der Waals surface area contributed by atoms with Crippen LogP contribution >= 0.6 is 0 Å². The molecule has 7 nitrogen and oxygen atoms in total. The van der Waals surface area contributed by atoms with E-state index in [1.165, 1.54) is 6.92 Å². The Hall–Kier alpha value is -2.87. The van der Waals surface area contributed by atoms with Crippen molar-refractivity contribution in [1.82, 2.24) is 0 Å². The molecule has 0 saturated carbocycles. The summed E-state index contributed by atoms with van der Waals surface area (Å²) < 4.78 is 22.7. The van der Waals surface area contributed by atoms with Gasteiger partial charge in [-0.1, -0.05) is 18.2 Å². The summed E-state index contributed by atoms with van der Waals surface area (Å²) in [4.78, 5) is 23.7. The standard InChI is InChI=1S/C17H19N3O4S/c1-12(25(2,23)24)16(21)18-14-8-10-15(11-9-14)20-17(22)19-13-6-4-3-5-7-13/h3-12H,1-2H3,(H,18,21)(H2,19,20,22)/t12-/m1/s1. The lowest BCUT2D eigenvalue weighted by atomic mass is 10.2. The molecule has 8 heteroatoms. The van der Waals surface area contributed by atoms with Crippen LogP contribution in [-0.2, 0) is 14.6 Å². The predicted octanol–water partition coefficient (Wildman–Crippen LogP) is 2.70. The van der Waals surface area contributed by atoms with E-state index in [9.17, 15) is 18.0 Å². The van der Waals surface area contributed by atoms with Gasteiger partial charge in [0.05, 0.1) is 0 Å². The zero-order chi connectivity index (χ0) is 18.4. The summed E-state index contributed by atoms with van der Waals surface area (Å²) in [6.45, 7) is 1.33. The average molecular weight is 361 g/mol. The molecule has 1 atom stereocenters. The minimum Gasteiger partial charge on any atom is -0.325 e. The Kier molecular flexibility index (Phi) is 5.76. The van der Waals surface area contributed by atoms with E-state index in [1.807, 2.05) is 18.2 Å². The number of carbonyl (C=O) groups excluding carboxylic acids is 2. The fourth-order valence-electron chi connectivity index (χ4n) is 1.89. The third-order valence-corrected chi connectivity index (χ3v) is 4.95. The number of hydrogen-bond donors (Lipinski definition) is 3. The lowest BCUT2D eigenvalue weighted by molar-refractivity contribution is -0.115. The minimum absolute atomic E-state index is 0.395. The van der Waals surface area contributed by atoms with Gasteiger partial charge in [-0.25, -0.2) is 13.2 Å². The van der Waals surface area contributed by atoms with E-state index in [4.69, 9.17) is 0 Å². The molecule has 0 bridgehead atoms. The third kappa shape index (κ3) is 5.61. The zero-order valence-corrected chi connectivity index (χ0v) is 14.6. The van der Waals surface area contributed by atoms with E-state index >= 15 is 0 Å². The molecule has 25 heavy (non-hydrogen) atoms. The van der Waals surface area contributed by atoms with Gasteiger partial charge in [0.2, 0.25) is 5.91 Å². The lowest BCUT2D eigenvalue weighted by Crippen LogP contribution is -2.31. The van der Waals surface area contributed by atoms with Gasteiger partial charge in [-0.15, -0.1) is 0 Å². The monoisotopic (exact) mass is 361 g/mol. The first kappa shape index (κ1) is 18.5. The van der Waals surface area contributed by atoms with Crippen molar-refractivity contribution in [2.45, 2.75) is 12.2 Å². The normalized spacial score (nSPS) is 12.1. The molecule has 0 spiro atoms. The highest BCUT2D eigenvalue weighted by Crippen LogP contribution is 2.15. The summed E-state index contributed by atoms with van der Waals surface area (Å²) in [5.74, 6) is -0.606. The maximum Gasteiger partial charge on any atom is 0.323 e. The molecule has 3 N–H and O–H groups in total. The molecular weight excluding hydrogens is 342 g/mol. The molecule has 0 aliphatic heterocycles. The molecule has 0 fully saturated rings. The second kappa shape index (κ2) is 7.80. The van der Waals surface area contributed by atoms with Crippen LogP contribution in [-0.4, -0.2) is 31.9 Å². The van der Waals surface area contributed by atoms with Gasteiger partial charge >= 0.3 is 6.03 Å². The number of carbonyl (C=O) groups is 2. The van der Waals surface area contributed by atoms with E-state index in [-0.39, 0.29) is 0 Å². The van der Waals surface area contributed by atoms with Crippen LogP contribution in [0, 0.1) is 0 Å². The van der Waals surface area contributed by atoms with Crippen LogP contribution in [0.15, 0.2) is 54.6 Å². The summed E-state index contributed by atoms with van der Waals surface area (Å²) in [7, 11) is -3.45. The maximum absolute atomic E-state index is 11.9. The van der Waals surface area contributed by atoms with E-state index < -0.39 is 27.0 Å². The van der Waals surface area contributed by atoms with Crippen molar-refractivity contribution in [3.63, 3.8) is 0 Å². The predicted molar refractivity (Wildman–Crippen MR) is 98.5 cm³/mol. The molecule has 0 unspecified atom stereocenters. The molecule has 0 aliphatic carbocycles. The number of sulfone groups is 1. The second-order valence-corrected chi connectivity index (χ2v) is 7.85. The highest BCUT2D eigenvalue weighted by atomic mass is 32.2. The van der Waals surface area contributed by atoms with Gasteiger partial charge in [-0.05, 0) is 43.3 Å². The SMILES string of the molecule is C[C@H](C(=O)Nc1ccc(NC(=O)Nc2ccccc2)cc1)S(C)(=O)=O. The van der Waals surface area contributed by atoms with Crippen LogP contribution in [0.5, 0.6) is 0 Å². The summed E-state index contributed by atoms with van der Waals surface area (Å²) in [6, 6.07) is 15.0. The first-order chi connectivity index (χ1) is 11.8. The fraction of sp³-hybridized carbons (Fsp3) is 0.176. The smallest absolute Gasteiger partial charge is 0.323 e. The summed E-state index contributed by atoms with van der Waals surface area (Å²) >= 11 is 0. The van der Waals surface area contributed by atoms with E-state index in [0.717, 1.165) is 6.26 Å². The largest absolute Gasteiger partial charge is 0.325 e. The topological polar surface area (TPSA) is 104 Å². The number of benzene rings is 2. The van der Waals surface area contributed by atoms with Crippen LogP contribution in [0.25, 0.3) is 0 Å². The molecule has 2 rings (SSSR count). The zero-order valence-electron chi connectivity index (χ0n) is 13.8. The number of anilines is 3. The minimum atomic E-state index is -3.45. The Labute approximate surface area is 146 Å². The molecule has 2 aromatic carbocycles. The number of hydrogen-bond acceptors (Lipinski definition) is 4. The van der Waals surface area contributed by atoms with Gasteiger partial charge in [-0.3, -0.25) is 4.79 Å². The van der Waals surface area contributed by atoms with Gasteiger partial charge in [0, 0.05) is 23.3 Å². The van der Waals surface area contributed by atoms with E-state index in [0.29, 0.717) is 17.1 Å². The van der Waals surface area contributed by atoms with Crippen LogP contribution in [0.1, 0.15) is 6.92 Å². The summed E-state index contributed by atoms with van der Waals surface area (Å²) in [6.07, 6.45) is 1.01. The molecule has 3 amide bonds. The van der Waals surface area contributed by atoms with Gasteiger partial charge in [0.1, 0.15) is 5.25 Å². The molecule has 0 radical (unpaired) electrons. The fourth-order valence-corrected chi connectivity index (χ4v) is 2.34.